The maximum Gasteiger partial charge on any atom is 0.261 e. The van der Waals surface area contributed by atoms with Crippen LogP contribution in [0.25, 0.3) is 0 Å². The smallest absolute Gasteiger partial charge is 0.261 e. The maximum absolute atomic E-state index is 11.9. The van der Waals surface area contributed by atoms with E-state index in [2.05, 4.69) is 34.5 Å². The third-order valence-corrected chi connectivity index (χ3v) is 3.76. The standard InChI is InChI=1S/C16H24F2N2O/c17-16(18)13-21-11-8-19-15-7-10-20(12-15)9-6-14-4-2-1-3-5-14/h1-5,15-16,19H,6-13H2. The van der Waals surface area contributed by atoms with Gasteiger partial charge < -0.3 is 15.0 Å². The van der Waals surface area contributed by atoms with Gasteiger partial charge in [-0.3, -0.25) is 0 Å². The van der Waals surface area contributed by atoms with Crippen LogP contribution in [0.5, 0.6) is 0 Å². The molecule has 1 aliphatic rings. The summed E-state index contributed by atoms with van der Waals surface area (Å²) in [5.41, 5.74) is 1.37. The molecule has 1 atom stereocenters. The van der Waals surface area contributed by atoms with Crippen LogP contribution < -0.4 is 5.32 Å². The van der Waals surface area contributed by atoms with Crippen LogP contribution in [0.15, 0.2) is 30.3 Å². The zero-order chi connectivity index (χ0) is 14.9. The van der Waals surface area contributed by atoms with E-state index in [0.29, 0.717) is 19.2 Å². The van der Waals surface area contributed by atoms with Gasteiger partial charge in [0.2, 0.25) is 0 Å². The number of hydrogen-bond donors (Lipinski definition) is 1. The lowest BCUT2D eigenvalue weighted by Gasteiger charge is -2.16. The molecule has 1 saturated heterocycles. The first-order chi connectivity index (χ1) is 10.2. The molecule has 1 aromatic rings. The van der Waals surface area contributed by atoms with Gasteiger partial charge in [0, 0.05) is 25.7 Å². The molecule has 1 fully saturated rings. The Morgan fingerprint density at radius 3 is 2.86 bits per heavy atom. The van der Waals surface area contributed by atoms with Crippen molar-refractivity contribution in [2.75, 3.05) is 39.4 Å². The molecule has 1 unspecified atom stereocenters. The lowest BCUT2D eigenvalue weighted by Crippen LogP contribution is -2.35. The summed E-state index contributed by atoms with van der Waals surface area (Å²) in [4.78, 5) is 2.45. The van der Waals surface area contributed by atoms with E-state index in [9.17, 15) is 8.78 Å². The van der Waals surface area contributed by atoms with Gasteiger partial charge in [-0.15, -0.1) is 0 Å². The summed E-state index contributed by atoms with van der Waals surface area (Å²) in [6.45, 7) is 3.73. The van der Waals surface area contributed by atoms with E-state index in [0.717, 1.165) is 32.5 Å². The molecule has 0 aromatic heterocycles. The minimum atomic E-state index is -2.37. The predicted octanol–water partition coefficient (Wildman–Crippen LogP) is 2.17. The minimum Gasteiger partial charge on any atom is -0.374 e. The molecule has 5 heteroatoms. The predicted molar refractivity (Wildman–Crippen MR) is 79.8 cm³/mol. The van der Waals surface area contributed by atoms with Crippen LogP contribution in [0, 0.1) is 0 Å². The van der Waals surface area contributed by atoms with Crippen molar-refractivity contribution in [1.29, 1.82) is 0 Å². The van der Waals surface area contributed by atoms with Crippen LogP contribution in [-0.2, 0) is 11.2 Å². The Bertz CT molecular complexity index is 389. The molecule has 1 aliphatic heterocycles. The lowest BCUT2D eigenvalue weighted by molar-refractivity contribution is 0.0182. The topological polar surface area (TPSA) is 24.5 Å². The van der Waals surface area contributed by atoms with Gasteiger partial charge in [-0.1, -0.05) is 30.3 Å². The molecule has 1 heterocycles. The van der Waals surface area contributed by atoms with Crippen molar-refractivity contribution in [2.24, 2.45) is 0 Å². The fourth-order valence-electron chi connectivity index (χ4n) is 2.64. The number of nitrogens with zero attached hydrogens (tertiary/aromatic N) is 1. The molecule has 0 spiro atoms. The average molecular weight is 298 g/mol. The molecule has 0 aliphatic carbocycles. The second-order valence-corrected chi connectivity index (χ2v) is 5.44. The van der Waals surface area contributed by atoms with Crippen molar-refractivity contribution in [1.82, 2.24) is 10.2 Å². The van der Waals surface area contributed by atoms with Crippen LogP contribution in [0.1, 0.15) is 12.0 Å². The first kappa shape index (κ1) is 16.3. The van der Waals surface area contributed by atoms with Gasteiger partial charge in [-0.2, -0.15) is 0 Å². The molecule has 3 nitrogen and oxygen atoms in total. The third-order valence-electron chi connectivity index (χ3n) is 3.76. The summed E-state index contributed by atoms with van der Waals surface area (Å²) >= 11 is 0. The van der Waals surface area contributed by atoms with Gasteiger partial charge in [0.15, 0.2) is 0 Å². The number of hydrogen-bond acceptors (Lipinski definition) is 3. The quantitative estimate of drug-likeness (QED) is 0.707. The molecule has 0 saturated carbocycles. The summed E-state index contributed by atoms with van der Waals surface area (Å²) in [6.07, 6.45) is -0.181. The molecule has 0 bridgehead atoms. The molecule has 2 rings (SSSR count). The Hall–Kier alpha value is -1.04. The molecule has 0 radical (unpaired) electrons. The first-order valence-corrected chi connectivity index (χ1v) is 7.59. The van der Waals surface area contributed by atoms with Crippen molar-refractivity contribution in [3.05, 3.63) is 35.9 Å². The summed E-state index contributed by atoms with van der Waals surface area (Å²) in [7, 11) is 0. The van der Waals surface area contributed by atoms with E-state index in [1.54, 1.807) is 0 Å². The van der Waals surface area contributed by atoms with Crippen LogP contribution in [0.2, 0.25) is 0 Å². The van der Waals surface area contributed by atoms with Crippen LogP contribution in [0.4, 0.5) is 8.78 Å². The molecular formula is C16H24F2N2O. The van der Waals surface area contributed by atoms with Gasteiger partial charge in [0.25, 0.3) is 6.43 Å². The fourth-order valence-corrected chi connectivity index (χ4v) is 2.64. The highest BCUT2D eigenvalue weighted by Gasteiger charge is 2.21. The lowest BCUT2D eigenvalue weighted by atomic mass is 10.1. The van der Waals surface area contributed by atoms with Gasteiger partial charge in [-0.25, -0.2) is 8.78 Å². The number of alkyl halides is 2. The van der Waals surface area contributed by atoms with E-state index in [-0.39, 0.29) is 0 Å². The average Bonchev–Trinajstić information content (AvgIpc) is 2.93. The first-order valence-electron chi connectivity index (χ1n) is 7.59. The van der Waals surface area contributed by atoms with Crippen molar-refractivity contribution < 1.29 is 13.5 Å². The van der Waals surface area contributed by atoms with E-state index in [4.69, 9.17) is 4.74 Å². The van der Waals surface area contributed by atoms with Crippen molar-refractivity contribution >= 4 is 0 Å². The second kappa shape index (κ2) is 9.07. The Balaban J connectivity index is 1.54. The maximum atomic E-state index is 11.9. The summed E-state index contributed by atoms with van der Waals surface area (Å²) < 4.78 is 28.6. The van der Waals surface area contributed by atoms with Gasteiger partial charge >= 0.3 is 0 Å². The molecule has 0 amide bonds. The highest BCUT2D eigenvalue weighted by atomic mass is 19.3. The van der Waals surface area contributed by atoms with Gasteiger partial charge in [-0.05, 0) is 24.9 Å². The van der Waals surface area contributed by atoms with E-state index >= 15 is 0 Å². The van der Waals surface area contributed by atoms with E-state index in [1.807, 2.05) is 6.07 Å². The van der Waals surface area contributed by atoms with Crippen molar-refractivity contribution in [3.63, 3.8) is 0 Å². The normalized spacial score (nSPS) is 19.5. The third kappa shape index (κ3) is 6.50. The Labute approximate surface area is 125 Å². The molecule has 1 aromatic carbocycles. The largest absolute Gasteiger partial charge is 0.374 e. The highest BCUT2D eigenvalue weighted by Crippen LogP contribution is 2.10. The summed E-state index contributed by atoms with van der Waals surface area (Å²) in [6, 6.07) is 11.0. The van der Waals surface area contributed by atoms with Gasteiger partial charge in [0.05, 0.1) is 6.61 Å². The monoisotopic (exact) mass is 298 g/mol. The molecule has 21 heavy (non-hydrogen) atoms. The highest BCUT2D eigenvalue weighted by molar-refractivity contribution is 5.14. The summed E-state index contributed by atoms with van der Waals surface area (Å²) in [5.74, 6) is 0. The molecule has 118 valence electrons. The second-order valence-electron chi connectivity index (χ2n) is 5.44. The molecule has 1 N–H and O–H groups in total. The Kier molecular flexibility index (Phi) is 7.06. The fraction of sp³-hybridized carbons (Fsp3) is 0.625. The SMILES string of the molecule is FC(F)COCCNC1CCN(CCc2ccccc2)C1. The van der Waals surface area contributed by atoms with Crippen molar-refractivity contribution in [3.8, 4) is 0 Å². The van der Waals surface area contributed by atoms with Crippen LogP contribution in [-0.4, -0.2) is 56.8 Å². The number of likely N-dealkylation sites (tertiary alicyclic amines) is 1. The van der Waals surface area contributed by atoms with Crippen molar-refractivity contribution in [2.45, 2.75) is 25.3 Å². The van der Waals surface area contributed by atoms with Gasteiger partial charge in [0.1, 0.15) is 6.61 Å². The summed E-state index contributed by atoms with van der Waals surface area (Å²) in [5, 5.41) is 3.37. The number of nitrogens with one attached hydrogen (secondary N) is 1. The number of halogens is 2. The zero-order valence-corrected chi connectivity index (χ0v) is 12.3. The minimum absolute atomic E-state index is 0.352. The number of ether oxygens (including phenoxy) is 1. The zero-order valence-electron chi connectivity index (χ0n) is 12.3. The Morgan fingerprint density at radius 1 is 1.29 bits per heavy atom. The van der Waals surface area contributed by atoms with E-state index in [1.165, 1.54) is 5.56 Å². The van der Waals surface area contributed by atoms with Crippen LogP contribution in [0.3, 0.4) is 0 Å². The Morgan fingerprint density at radius 2 is 2.10 bits per heavy atom. The molecular weight excluding hydrogens is 274 g/mol. The number of benzene rings is 1. The van der Waals surface area contributed by atoms with E-state index < -0.39 is 13.0 Å². The number of rotatable bonds is 9. The van der Waals surface area contributed by atoms with Crippen LogP contribution >= 0.6 is 0 Å².